The summed E-state index contributed by atoms with van der Waals surface area (Å²) in [5, 5.41) is 0. The fourth-order valence-electron chi connectivity index (χ4n) is 3.50. The summed E-state index contributed by atoms with van der Waals surface area (Å²) in [7, 11) is 0. The molecule has 6 heteroatoms. The van der Waals surface area contributed by atoms with Crippen molar-refractivity contribution >= 4 is 33.4 Å². The van der Waals surface area contributed by atoms with Gasteiger partial charge >= 0.3 is 0 Å². The lowest BCUT2D eigenvalue weighted by Crippen LogP contribution is -2.03. The number of hydrogen-bond donors (Lipinski definition) is 0. The largest absolute Gasteiger partial charge is 0.361 e. The van der Waals surface area contributed by atoms with E-state index in [9.17, 15) is 4.79 Å². The quantitative estimate of drug-likeness (QED) is 0.224. The van der Waals surface area contributed by atoms with Gasteiger partial charge < -0.3 is 9.30 Å². The van der Waals surface area contributed by atoms with Gasteiger partial charge in [0, 0.05) is 12.8 Å². The van der Waals surface area contributed by atoms with Gasteiger partial charge in [-0.1, -0.05) is 72.1 Å². The Labute approximate surface area is 183 Å². The molecule has 0 spiro atoms. The Hall–Kier alpha value is -1.27. The first-order valence-corrected chi connectivity index (χ1v) is 11.7. The molecule has 2 rings (SSSR count). The molecule has 0 saturated heterocycles. The molecule has 0 saturated carbocycles. The molecular weight excluding hydrogens is 430 g/mol. The molecule has 0 radical (unpaired) electrons. The Morgan fingerprint density at radius 1 is 1.03 bits per heavy atom. The molecule has 0 aromatic carbocycles. The molecule has 2 heterocycles. The fourth-order valence-corrected chi connectivity index (χ4v) is 3.78. The Balaban J connectivity index is 1.51. The van der Waals surface area contributed by atoms with Gasteiger partial charge in [0.15, 0.2) is 11.9 Å². The molecule has 0 bridgehead atoms. The molecule has 0 aliphatic carbocycles. The first-order valence-electron chi connectivity index (χ1n) is 10.9. The van der Waals surface area contributed by atoms with Crippen molar-refractivity contribution in [3.8, 4) is 0 Å². The minimum atomic E-state index is 0.398. The third-order valence-electron chi connectivity index (χ3n) is 5.14. The van der Waals surface area contributed by atoms with Gasteiger partial charge in [-0.15, -0.1) is 0 Å². The van der Waals surface area contributed by atoms with E-state index < -0.39 is 0 Å². The smallest absolute Gasteiger partial charge is 0.161 e. The molecule has 29 heavy (non-hydrogen) atoms. The molecule has 0 amide bonds. The lowest BCUT2D eigenvalue weighted by atomic mass is 9.89. The van der Waals surface area contributed by atoms with E-state index in [2.05, 4.69) is 46.7 Å². The maximum Gasteiger partial charge on any atom is 0.161 e. The number of carbonyl (C=O) groups is 1. The zero-order valence-corrected chi connectivity index (χ0v) is 19.8. The monoisotopic (exact) mass is 465 g/mol. The van der Waals surface area contributed by atoms with Crippen molar-refractivity contribution in [1.82, 2.24) is 14.5 Å². The average Bonchev–Trinajstić information content (AvgIpc) is 3.01. The number of aromatic nitrogens is 3. The number of nitrogens with zero attached hydrogens (tertiary/aromatic N) is 3. The van der Waals surface area contributed by atoms with E-state index in [-0.39, 0.29) is 0 Å². The lowest BCUT2D eigenvalue weighted by molar-refractivity contribution is 0.0762. The van der Waals surface area contributed by atoms with Crippen LogP contribution in [-0.2, 0) is 11.5 Å². The van der Waals surface area contributed by atoms with Gasteiger partial charge in [0.05, 0.1) is 11.8 Å². The number of ether oxygens (including phenoxy) is 1. The molecule has 0 unspecified atom stereocenters. The number of halogens is 1. The van der Waals surface area contributed by atoms with Crippen LogP contribution in [-0.4, -0.2) is 27.4 Å². The predicted octanol–water partition coefficient (Wildman–Crippen LogP) is 6.93. The third-order valence-corrected chi connectivity index (χ3v) is 5.52. The van der Waals surface area contributed by atoms with Crippen LogP contribution in [0.5, 0.6) is 0 Å². The van der Waals surface area contributed by atoms with Crippen molar-refractivity contribution in [2.24, 2.45) is 5.41 Å². The summed E-state index contributed by atoms with van der Waals surface area (Å²) in [6.45, 7) is 8.11. The van der Waals surface area contributed by atoms with Gasteiger partial charge in [-0.2, -0.15) is 0 Å². The molecule has 0 aliphatic heterocycles. The van der Waals surface area contributed by atoms with Gasteiger partial charge in [-0.3, -0.25) is 4.79 Å². The summed E-state index contributed by atoms with van der Waals surface area (Å²) in [5.41, 5.74) is 2.31. The molecular formula is C23H36BrN3O2. The van der Waals surface area contributed by atoms with Crippen LogP contribution >= 0.6 is 15.9 Å². The molecule has 0 fully saturated rings. The summed E-state index contributed by atoms with van der Waals surface area (Å²) in [5.74, 6) is 0. The minimum Gasteiger partial charge on any atom is -0.361 e. The predicted molar refractivity (Wildman–Crippen MR) is 122 cm³/mol. The van der Waals surface area contributed by atoms with Crippen molar-refractivity contribution in [3.05, 3.63) is 22.6 Å². The molecule has 0 aliphatic rings. The van der Waals surface area contributed by atoms with E-state index in [1.165, 1.54) is 57.8 Å². The van der Waals surface area contributed by atoms with Crippen LogP contribution in [0.1, 0.15) is 95.3 Å². The maximum absolute atomic E-state index is 11.2. The number of aldehydes is 1. The first kappa shape index (κ1) is 24.0. The van der Waals surface area contributed by atoms with Crippen LogP contribution in [0.2, 0.25) is 0 Å². The van der Waals surface area contributed by atoms with E-state index in [0.29, 0.717) is 33.5 Å². The second-order valence-electron chi connectivity index (χ2n) is 9.07. The number of unbranched alkanes of at least 4 members (excludes halogenated alkanes) is 8. The minimum absolute atomic E-state index is 0.398. The summed E-state index contributed by atoms with van der Waals surface area (Å²) >= 11 is 3.30. The standard InChI is InChI=1S/C23H36BrN3O2/c1-23(2,3)13-11-9-7-5-4-6-8-10-12-14-29-18-27-16-19(17-28)21-22(27)25-15-20(24)26-21/h15-17H,4-14,18H2,1-3H3. The summed E-state index contributed by atoms with van der Waals surface area (Å²) < 4.78 is 8.25. The highest BCUT2D eigenvalue weighted by Gasteiger charge is 2.11. The van der Waals surface area contributed by atoms with Crippen molar-refractivity contribution in [2.75, 3.05) is 6.61 Å². The van der Waals surface area contributed by atoms with Crippen molar-refractivity contribution in [3.63, 3.8) is 0 Å². The van der Waals surface area contributed by atoms with Crippen molar-refractivity contribution < 1.29 is 9.53 Å². The van der Waals surface area contributed by atoms with Crippen LogP contribution in [0.3, 0.4) is 0 Å². The van der Waals surface area contributed by atoms with Crippen LogP contribution in [0, 0.1) is 5.41 Å². The van der Waals surface area contributed by atoms with Gasteiger partial charge in [0.2, 0.25) is 0 Å². The van der Waals surface area contributed by atoms with Crippen molar-refractivity contribution in [1.29, 1.82) is 0 Å². The van der Waals surface area contributed by atoms with Crippen molar-refractivity contribution in [2.45, 2.75) is 91.7 Å². The van der Waals surface area contributed by atoms with Gasteiger partial charge in [-0.25, -0.2) is 9.97 Å². The van der Waals surface area contributed by atoms with E-state index in [1.807, 2.05) is 4.57 Å². The summed E-state index contributed by atoms with van der Waals surface area (Å²) in [6.07, 6.45) is 17.3. The van der Waals surface area contributed by atoms with E-state index in [1.54, 1.807) is 12.4 Å². The maximum atomic E-state index is 11.2. The summed E-state index contributed by atoms with van der Waals surface area (Å²) in [6, 6.07) is 0. The molecule has 2 aromatic rings. The molecule has 2 aromatic heterocycles. The highest BCUT2D eigenvalue weighted by atomic mass is 79.9. The topological polar surface area (TPSA) is 57.0 Å². The Kier molecular flexibility index (Phi) is 10.3. The van der Waals surface area contributed by atoms with E-state index in [4.69, 9.17) is 4.74 Å². The first-order chi connectivity index (χ1) is 13.9. The zero-order chi connectivity index (χ0) is 21.1. The highest BCUT2D eigenvalue weighted by Crippen LogP contribution is 2.23. The fraction of sp³-hybridized carbons (Fsp3) is 0.696. The van der Waals surface area contributed by atoms with Gasteiger partial charge in [0.1, 0.15) is 16.9 Å². The zero-order valence-electron chi connectivity index (χ0n) is 18.3. The highest BCUT2D eigenvalue weighted by molar-refractivity contribution is 9.10. The Morgan fingerprint density at radius 2 is 1.66 bits per heavy atom. The average molecular weight is 466 g/mol. The summed E-state index contributed by atoms with van der Waals surface area (Å²) in [4.78, 5) is 19.9. The van der Waals surface area contributed by atoms with E-state index >= 15 is 0 Å². The number of carbonyl (C=O) groups excluding carboxylic acids is 1. The Morgan fingerprint density at radius 3 is 2.28 bits per heavy atom. The van der Waals surface area contributed by atoms with Gasteiger partial charge in [-0.05, 0) is 34.2 Å². The second kappa shape index (κ2) is 12.4. The molecule has 0 atom stereocenters. The molecule has 0 N–H and O–H groups in total. The van der Waals surface area contributed by atoms with E-state index in [0.717, 1.165) is 19.3 Å². The van der Waals surface area contributed by atoms with Crippen LogP contribution < -0.4 is 0 Å². The van der Waals surface area contributed by atoms with Gasteiger partial charge in [0.25, 0.3) is 0 Å². The molecule has 5 nitrogen and oxygen atoms in total. The third kappa shape index (κ3) is 8.95. The van der Waals surface area contributed by atoms with Crippen LogP contribution in [0.25, 0.3) is 11.2 Å². The second-order valence-corrected chi connectivity index (χ2v) is 9.88. The number of hydrogen-bond acceptors (Lipinski definition) is 4. The van der Waals surface area contributed by atoms with Crippen LogP contribution in [0.15, 0.2) is 17.0 Å². The number of rotatable bonds is 14. The van der Waals surface area contributed by atoms with Crippen LogP contribution in [0.4, 0.5) is 0 Å². The lowest BCUT2D eigenvalue weighted by Gasteiger charge is -2.17. The Bertz CT molecular complexity index is 752. The normalized spacial score (nSPS) is 12.0. The number of fused-ring (bicyclic) bond motifs is 1. The SMILES string of the molecule is CC(C)(C)CCCCCCCCCCCOCn1cc(C=O)c2nc(Br)cnc21. The molecule has 162 valence electrons.